The highest BCUT2D eigenvalue weighted by Crippen LogP contribution is 2.17. The van der Waals surface area contributed by atoms with E-state index < -0.39 is 5.56 Å². The van der Waals surface area contributed by atoms with Crippen molar-refractivity contribution >= 4 is 23.7 Å². The van der Waals surface area contributed by atoms with Crippen LogP contribution in [0.2, 0.25) is 0 Å². The van der Waals surface area contributed by atoms with E-state index in [4.69, 9.17) is 0 Å². The average molecular weight is 438 g/mol. The number of allylic oxidation sites excluding steroid dienone is 1. The predicted octanol–water partition coefficient (Wildman–Crippen LogP) is 2.89. The van der Waals surface area contributed by atoms with Crippen molar-refractivity contribution in [2.45, 2.75) is 18.0 Å². The number of aromatic amines is 1. The van der Waals surface area contributed by atoms with E-state index in [1.54, 1.807) is 30.3 Å². The molecule has 1 amide bonds. The number of amides is 1. The fourth-order valence-corrected chi connectivity index (χ4v) is 3.48. The Labute approximate surface area is 183 Å². The number of rotatable bonds is 9. The number of aromatic hydroxyl groups is 2. The second-order valence-electron chi connectivity index (χ2n) is 6.75. The number of thioether (sulfide) groups is 1. The second kappa shape index (κ2) is 11.0. The predicted molar refractivity (Wildman–Crippen MR) is 121 cm³/mol. The number of carbonyl (C=O) groups is 1. The maximum Gasteiger partial charge on any atom is 0.281 e. The van der Waals surface area contributed by atoms with Crippen molar-refractivity contribution in [3.63, 3.8) is 0 Å². The molecule has 0 aliphatic heterocycles. The summed E-state index contributed by atoms with van der Waals surface area (Å²) in [5.41, 5.74) is 1.65. The van der Waals surface area contributed by atoms with Gasteiger partial charge in [0.15, 0.2) is 11.0 Å². The molecule has 3 rings (SSSR count). The zero-order chi connectivity index (χ0) is 22.1. The molecular formula is C23H23N3O4S. The van der Waals surface area contributed by atoms with Crippen LogP contribution in [0.1, 0.15) is 16.7 Å². The molecule has 0 spiro atoms. The van der Waals surface area contributed by atoms with Gasteiger partial charge in [0.1, 0.15) is 5.75 Å². The summed E-state index contributed by atoms with van der Waals surface area (Å²) < 4.78 is 0. The van der Waals surface area contributed by atoms with E-state index in [0.717, 1.165) is 22.9 Å². The van der Waals surface area contributed by atoms with E-state index in [9.17, 15) is 19.8 Å². The van der Waals surface area contributed by atoms with Gasteiger partial charge < -0.3 is 20.5 Å². The summed E-state index contributed by atoms with van der Waals surface area (Å²) in [5, 5.41) is 22.4. The smallest absolute Gasteiger partial charge is 0.281 e. The minimum absolute atomic E-state index is 0.0607. The lowest BCUT2D eigenvalue weighted by Gasteiger charge is -2.07. The molecule has 4 N–H and O–H groups in total. The van der Waals surface area contributed by atoms with Crippen LogP contribution in [-0.4, -0.2) is 38.4 Å². The Morgan fingerprint density at radius 2 is 1.84 bits per heavy atom. The highest BCUT2D eigenvalue weighted by atomic mass is 32.2. The maximum atomic E-state index is 12.2. The molecule has 0 saturated carbocycles. The molecule has 0 fully saturated rings. The van der Waals surface area contributed by atoms with E-state index in [1.807, 2.05) is 36.4 Å². The van der Waals surface area contributed by atoms with Crippen LogP contribution in [0.15, 0.2) is 70.6 Å². The Bertz CT molecular complexity index is 1100. The highest BCUT2D eigenvalue weighted by molar-refractivity contribution is 7.99. The van der Waals surface area contributed by atoms with E-state index >= 15 is 0 Å². The number of H-pyrrole nitrogens is 1. The normalized spacial score (nSPS) is 11.0. The third kappa shape index (κ3) is 7.04. The molecule has 0 bridgehead atoms. The first-order valence-electron chi connectivity index (χ1n) is 9.72. The van der Waals surface area contributed by atoms with Gasteiger partial charge >= 0.3 is 0 Å². The van der Waals surface area contributed by atoms with Gasteiger partial charge in [0.05, 0.1) is 11.3 Å². The topological polar surface area (TPSA) is 115 Å². The largest absolute Gasteiger partial charge is 0.508 e. The van der Waals surface area contributed by atoms with Crippen molar-refractivity contribution in [2.24, 2.45) is 0 Å². The van der Waals surface area contributed by atoms with Gasteiger partial charge in [0.2, 0.25) is 5.91 Å². The summed E-state index contributed by atoms with van der Waals surface area (Å²) in [4.78, 5) is 30.9. The van der Waals surface area contributed by atoms with Crippen LogP contribution in [0.5, 0.6) is 11.6 Å². The van der Waals surface area contributed by atoms with Crippen molar-refractivity contribution < 1.29 is 15.0 Å². The summed E-state index contributed by atoms with van der Waals surface area (Å²) in [5.74, 6) is -0.188. The summed E-state index contributed by atoms with van der Waals surface area (Å²) in [6.07, 6.45) is 4.53. The molecule has 0 aliphatic rings. The van der Waals surface area contributed by atoms with Gasteiger partial charge in [-0.1, -0.05) is 66.4 Å². The lowest BCUT2D eigenvalue weighted by Crippen LogP contribution is -2.27. The first kappa shape index (κ1) is 22.2. The minimum atomic E-state index is -0.524. The molecule has 1 heterocycles. The van der Waals surface area contributed by atoms with Crippen molar-refractivity contribution in [3.05, 3.63) is 87.7 Å². The number of hydrogen-bond acceptors (Lipinski definition) is 6. The van der Waals surface area contributed by atoms with E-state index in [2.05, 4.69) is 15.3 Å². The SMILES string of the molecule is O=C(CSc1nc(=O)c(C/C=C/c2ccccc2)c(O)[nH]1)NCCc1ccc(O)cc1. The minimum Gasteiger partial charge on any atom is -0.508 e. The molecule has 0 atom stereocenters. The zero-order valence-electron chi connectivity index (χ0n) is 16.7. The maximum absolute atomic E-state index is 12.2. The van der Waals surface area contributed by atoms with Crippen molar-refractivity contribution in [1.29, 1.82) is 0 Å². The van der Waals surface area contributed by atoms with Crippen LogP contribution in [0.25, 0.3) is 6.08 Å². The number of hydrogen-bond donors (Lipinski definition) is 4. The van der Waals surface area contributed by atoms with Crippen molar-refractivity contribution in [2.75, 3.05) is 12.3 Å². The van der Waals surface area contributed by atoms with E-state index in [1.165, 1.54) is 0 Å². The monoisotopic (exact) mass is 437 g/mol. The Kier molecular flexibility index (Phi) is 7.89. The first-order valence-corrected chi connectivity index (χ1v) is 10.7. The Hall–Kier alpha value is -3.52. The van der Waals surface area contributed by atoms with Gasteiger partial charge in [-0.3, -0.25) is 9.59 Å². The molecule has 0 unspecified atom stereocenters. The van der Waals surface area contributed by atoms with Gasteiger partial charge in [-0.25, -0.2) is 0 Å². The summed E-state index contributed by atoms with van der Waals surface area (Å²) in [6, 6.07) is 16.4. The third-order valence-corrected chi connectivity index (χ3v) is 5.29. The Morgan fingerprint density at radius 1 is 1.10 bits per heavy atom. The van der Waals surface area contributed by atoms with Gasteiger partial charge in [-0.2, -0.15) is 4.98 Å². The summed E-state index contributed by atoms with van der Waals surface area (Å²) >= 11 is 1.04. The summed E-state index contributed by atoms with van der Waals surface area (Å²) in [6.45, 7) is 0.450. The molecule has 0 aliphatic carbocycles. The molecule has 2 aromatic carbocycles. The number of nitrogens with one attached hydrogen (secondary N) is 2. The van der Waals surface area contributed by atoms with Gasteiger partial charge in [-0.05, 0) is 29.7 Å². The van der Waals surface area contributed by atoms with Crippen LogP contribution >= 0.6 is 11.8 Å². The summed E-state index contributed by atoms with van der Waals surface area (Å²) in [7, 11) is 0. The number of phenols is 1. The molecule has 31 heavy (non-hydrogen) atoms. The lowest BCUT2D eigenvalue weighted by molar-refractivity contribution is -0.118. The van der Waals surface area contributed by atoms with Crippen molar-refractivity contribution in [3.8, 4) is 11.6 Å². The Morgan fingerprint density at radius 3 is 2.55 bits per heavy atom. The average Bonchev–Trinajstić information content (AvgIpc) is 2.76. The quantitative estimate of drug-likeness (QED) is 0.302. The van der Waals surface area contributed by atoms with Crippen LogP contribution in [0.3, 0.4) is 0 Å². The molecular weight excluding hydrogens is 414 g/mol. The van der Waals surface area contributed by atoms with E-state index in [-0.39, 0.29) is 40.4 Å². The first-order chi connectivity index (χ1) is 15.0. The zero-order valence-corrected chi connectivity index (χ0v) is 17.6. The fourth-order valence-electron chi connectivity index (χ4n) is 2.79. The van der Waals surface area contributed by atoms with E-state index in [0.29, 0.717) is 13.0 Å². The highest BCUT2D eigenvalue weighted by Gasteiger charge is 2.11. The standard InChI is InChI=1S/C23H23N3O4S/c27-18-11-9-17(10-12-18)13-14-24-20(28)15-31-23-25-21(29)19(22(30)26-23)8-4-7-16-5-2-1-3-6-16/h1-7,9-12,27H,8,13-15H2,(H,24,28)(H2,25,26,29,30)/b7-4+. The Balaban J connectivity index is 1.48. The third-order valence-electron chi connectivity index (χ3n) is 4.42. The molecule has 1 aromatic heterocycles. The second-order valence-corrected chi connectivity index (χ2v) is 7.71. The van der Waals surface area contributed by atoms with Crippen LogP contribution in [0, 0.1) is 0 Å². The molecule has 0 radical (unpaired) electrons. The number of nitrogens with zero attached hydrogens (tertiary/aromatic N) is 1. The van der Waals surface area contributed by atoms with Gasteiger partial charge in [-0.15, -0.1) is 0 Å². The van der Waals surface area contributed by atoms with Gasteiger partial charge in [0, 0.05) is 13.0 Å². The molecule has 8 heteroatoms. The molecule has 3 aromatic rings. The molecule has 0 saturated heterocycles. The van der Waals surface area contributed by atoms with Crippen LogP contribution < -0.4 is 10.9 Å². The lowest BCUT2D eigenvalue weighted by atomic mass is 10.1. The number of phenolic OH excluding ortho intramolecular Hbond substituents is 1. The van der Waals surface area contributed by atoms with Crippen LogP contribution in [0.4, 0.5) is 0 Å². The molecule has 160 valence electrons. The number of benzene rings is 2. The number of carbonyl (C=O) groups excluding carboxylic acids is 1. The van der Waals surface area contributed by atoms with Crippen molar-refractivity contribution in [1.82, 2.24) is 15.3 Å². The number of aromatic nitrogens is 2. The van der Waals surface area contributed by atoms with Crippen LogP contribution in [-0.2, 0) is 17.6 Å². The van der Waals surface area contributed by atoms with Gasteiger partial charge in [0.25, 0.3) is 5.56 Å². The molecule has 7 nitrogen and oxygen atoms in total. The fraction of sp³-hybridized carbons (Fsp3) is 0.174.